The van der Waals surface area contributed by atoms with Crippen LogP contribution in [0.5, 0.6) is 0 Å². The van der Waals surface area contributed by atoms with E-state index in [4.69, 9.17) is 15.0 Å². The molecule has 4 heterocycles. The van der Waals surface area contributed by atoms with Crippen LogP contribution >= 0.6 is 11.8 Å². The summed E-state index contributed by atoms with van der Waals surface area (Å²) in [6.45, 7) is 0. The molecular formula is C59H35N5S. The van der Waals surface area contributed by atoms with E-state index in [1.54, 1.807) is 0 Å². The molecule has 5 nitrogen and oxygen atoms in total. The van der Waals surface area contributed by atoms with E-state index in [-0.39, 0.29) is 0 Å². The topological polar surface area (TPSA) is 48.5 Å². The van der Waals surface area contributed by atoms with Gasteiger partial charge in [0.05, 0.1) is 22.1 Å². The molecule has 0 saturated carbocycles. The number of para-hydroxylation sites is 1. The second-order valence-electron chi connectivity index (χ2n) is 16.8. The second kappa shape index (κ2) is 14.1. The largest absolute Gasteiger partial charge is 0.309 e. The fraction of sp³-hybridized carbons (Fsp3) is 0. The van der Waals surface area contributed by atoms with Crippen molar-refractivity contribution in [3.05, 3.63) is 212 Å². The van der Waals surface area contributed by atoms with Crippen molar-refractivity contribution in [2.45, 2.75) is 9.79 Å². The smallest absolute Gasteiger partial charge is 0.238 e. The van der Waals surface area contributed by atoms with E-state index in [2.05, 4.69) is 185 Å². The van der Waals surface area contributed by atoms with E-state index >= 15 is 0 Å². The molecule has 0 saturated heterocycles. The van der Waals surface area contributed by atoms with E-state index in [0.717, 1.165) is 44.4 Å². The Labute approximate surface area is 377 Å². The highest BCUT2D eigenvalue weighted by Gasteiger charge is 2.26. The summed E-state index contributed by atoms with van der Waals surface area (Å²) >= 11 is 1.84. The number of benzene rings is 10. The molecule has 0 atom stereocenters. The third kappa shape index (κ3) is 5.51. The highest BCUT2D eigenvalue weighted by molar-refractivity contribution is 7.99. The summed E-state index contributed by atoms with van der Waals surface area (Å²) in [4.78, 5) is 18.2. The zero-order chi connectivity index (χ0) is 42.6. The van der Waals surface area contributed by atoms with Crippen LogP contribution in [0.1, 0.15) is 0 Å². The van der Waals surface area contributed by atoms with Crippen molar-refractivity contribution in [2.24, 2.45) is 0 Å². The van der Waals surface area contributed by atoms with Crippen LogP contribution < -0.4 is 0 Å². The van der Waals surface area contributed by atoms with Gasteiger partial charge >= 0.3 is 0 Å². The molecule has 0 unspecified atom stereocenters. The van der Waals surface area contributed by atoms with Gasteiger partial charge in [-0.1, -0.05) is 169 Å². The molecule has 0 bridgehead atoms. The summed E-state index contributed by atoms with van der Waals surface area (Å²) in [5.74, 6) is 1.84. The Morgan fingerprint density at radius 2 is 0.892 bits per heavy atom. The minimum absolute atomic E-state index is 0.580. The molecule has 1 aliphatic rings. The van der Waals surface area contributed by atoms with E-state index < -0.39 is 0 Å². The maximum Gasteiger partial charge on any atom is 0.238 e. The van der Waals surface area contributed by atoms with Gasteiger partial charge in [0.25, 0.3) is 0 Å². The molecule has 0 radical (unpaired) electrons. The monoisotopic (exact) mass is 845 g/mol. The van der Waals surface area contributed by atoms with Gasteiger partial charge in [-0.2, -0.15) is 9.97 Å². The molecule has 1 aliphatic heterocycles. The SMILES string of the molecule is c1ccc(-c2nc(-c3ccccc3)nc(-n3c4ccc(-c5ccc6c(c5)c5c7ccccc7ccc5n6-c5ccccc5)cc4c4c5cccc6c5c(cc43)Sc3ccccc3-6)n2)cc1. The average molecular weight is 846 g/mol. The number of nitrogens with zero attached hydrogens (tertiary/aromatic N) is 5. The predicted octanol–water partition coefficient (Wildman–Crippen LogP) is 15.5. The summed E-state index contributed by atoms with van der Waals surface area (Å²) in [6.07, 6.45) is 0. The van der Waals surface area contributed by atoms with E-state index in [1.165, 1.54) is 69.7 Å². The highest BCUT2D eigenvalue weighted by atomic mass is 32.2. The molecule has 0 amide bonds. The number of hydrogen-bond acceptors (Lipinski definition) is 4. The third-order valence-corrected chi connectivity index (χ3v) is 14.3. The van der Waals surface area contributed by atoms with Crippen molar-refractivity contribution >= 4 is 76.9 Å². The fourth-order valence-corrected chi connectivity index (χ4v) is 11.4. The van der Waals surface area contributed by atoms with E-state index in [9.17, 15) is 0 Å². The highest BCUT2D eigenvalue weighted by Crippen LogP contribution is 2.51. The van der Waals surface area contributed by atoms with Gasteiger partial charge < -0.3 is 4.57 Å². The van der Waals surface area contributed by atoms with Crippen LogP contribution in [0, 0.1) is 0 Å². The first-order chi connectivity index (χ1) is 32.2. The number of fused-ring (bicyclic) bond motifs is 11. The van der Waals surface area contributed by atoms with Gasteiger partial charge in [0.1, 0.15) is 0 Å². The Morgan fingerprint density at radius 3 is 1.62 bits per heavy atom. The molecular weight excluding hydrogens is 811 g/mol. The van der Waals surface area contributed by atoms with Crippen molar-refractivity contribution in [3.8, 4) is 56.7 Å². The molecule has 302 valence electrons. The first-order valence-electron chi connectivity index (χ1n) is 21.9. The molecule has 65 heavy (non-hydrogen) atoms. The Morgan fingerprint density at radius 1 is 0.323 bits per heavy atom. The van der Waals surface area contributed by atoms with Crippen LogP contribution in [0.25, 0.3) is 122 Å². The van der Waals surface area contributed by atoms with Crippen LogP contribution in [0.2, 0.25) is 0 Å². The van der Waals surface area contributed by atoms with Crippen LogP contribution in [0.3, 0.4) is 0 Å². The van der Waals surface area contributed by atoms with Gasteiger partial charge in [0.15, 0.2) is 11.6 Å². The fourth-order valence-electron chi connectivity index (χ4n) is 10.3. The van der Waals surface area contributed by atoms with Gasteiger partial charge in [-0.05, 0) is 93.0 Å². The molecule has 0 aliphatic carbocycles. The van der Waals surface area contributed by atoms with Crippen LogP contribution in [-0.2, 0) is 0 Å². The van der Waals surface area contributed by atoms with Gasteiger partial charge in [0.2, 0.25) is 5.95 Å². The maximum absolute atomic E-state index is 5.30. The molecule has 3 aromatic heterocycles. The Kier molecular flexibility index (Phi) is 7.85. The Hall–Kier alpha value is -8.32. The lowest BCUT2D eigenvalue weighted by molar-refractivity contribution is 0.953. The van der Waals surface area contributed by atoms with Gasteiger partial charge in [-0.15, -0.1) is 0 Å². The first kappa shape index (κ1) is 36.2. The predicted molar refractivity (Wildman–Crippen MR) is 269 cm³/mol. The van der Waals surface area contributed by atoms with Gasteiger partial charge in [-0.3, -0.25) is 4.57 Å². The lowest BCUT2D eigenvalue weighted by Crippen LogP contribution is -2.06. The summed E-state index contributed by atoms with van der Waals surface area (Å²) in [5.41, 5.74) is 12.3. The van der Waals surface area contributed by atoms with Crippen molar-refractivity contribution in [1.29, 1.82) is 0 Å². The van der Waals surface area contributed by atoms with Gasteiger partial charge in [0, 0.05) is 53.5 Å². The molecule has 13 aromatic rings. The summed E-state index contributed by atoms with van der Waals surface area (Å²) in [7, 11) is 0. The molecule has 14 rings (SSSR count). The number of rotatable bonds is 5. The Bertz CT molecular complexity index is 4020. The quantitative estimate of drug-likeness (QED) is 0.173. The summed E-state index contributed by atoms with van der Waals surface area (Å²) in [5, 5.41) is 9.79. The maximum atomic E-state index is 5.30. The van der Waals surface area contributed by atoms with Crippen molar-refractivity contribution in [3.63, 3.8) is 0 Å². The summed E-state index contributed by atoms with van der Waals surface area (Å²) < 4.78 is 4.67. The van der Waals surface area contributed by atoms with Crippen LogP contribution in [0.4, 0.5) is 0 Å². The third-order valence-electron chi connectivity index (χ3n) is 13.1. The molecule has 0 N–H and O–H groups in total. The average Bonchev–Trinajstić information content (AvgIpc) is 3.89. The minimum Gasteiger partial charge on any atom is -0.309 e. The van der Waals surface area contributed by atoms with E-state index in [1.807, 2.05) is 48.2 Å². The molecule has 10 aromatic carbocycles. The molecule has 0 fully saturated rings. The lowest BCUT2D eigenvalue weighted by Gasteiger charge is -2.21. The number of aromatic nitrogens is 5. The zero-order valence-electron chi connectivity index (χ0n) is 34.9. The molecule has 6 heteroatoms. The lowest BCUT2D eigenvalue weighted by atomic mass is 9.94. The normalized spacial score (nSPS) is 12.2. The van der Waals surface area contributed by atoms with Crippen molar-refractivity contribution in [2.75, 3.05) is 0 Å². The standard InChI is InChI=1S/C59H35N5S/c1-4-16-37(17-5-1)57-60-58(38-18-6-2-7-19-38)62-59(61-57)64-49-31-29-40(34-47(49)55-45-25-14-24-44-43-23-12-13-26-52(43)65-53(56(44)45)35-51(55)64)39-28-30-48-46(33-39)54-42-22-11-10-15-36(42)27-32-50(54)63(48)41-20-8-3-9-21-41/h1-35H. The zero-order valence-corrected chi connectivity index (χ0v) is 35.7. The minimum atomic E-state index is 0.580. The molecule has 0 spiro atoms. The second-order valence-corrected chi connectivity index (χ2v) is 17.8. The van der Waals surface area contributed by atoms with Gasteiger partial charge in [-0.25, -0.2) is 4.98 Å². The van der Waals surface area contributed by atoms with Crippen LogP contribution in [-0.4, -0.2) is 24.1 Å². The van der Waals surface area contributed by atoms with Crippen LogP contribution in [0.15, 0.2) is 222 Å². The van der Waals surface area contributed by atoms with Crippen molar-refractivity contribution < 1.29 is 0 Å². The Balaban J connectivity index is 1.07. The number of hydrogen-bond donors (Lipinski definition) is 0. The van der Waals surface area contributed by atoms with Crippen molar-refractivity contribution in [1.82, 2.24) is 24.1 Å². The van der Waals surface area contributed by atoms with E-state index in [0.29, 0.717) is 17.6 Å². The summed E-state index contributed by atoms with van der Waals surface area (Å²) in [6, 6.07) is 76.2. The first-order valence-corrected chi connectivity index (χ1v) is 22.8.